The second kappa shape index (κ2) is 8.34. The molecule has 0 aliphatic carbocycles. The van der Waals surface area contributed by atoms with E-state index in [-0.39, 0.29) is 0 Å². The van der Waals surface area contributed by atoms with Crippen molar-refractivity contribution in [2.24, 2.45) is 0 Å². The quantitative estimate of drug-likeness (QED) is 0.315. The Kier molecular flexibility index (Phi) is 5.26. The lowest BCUT2D eigenvalue weighted by atomic mass is 10.1. The van der Waals surface area contributed by atoms with Crippen molar-refractivity contribution >= 4 is 23.6 Å². The Hall–Kier alpha value is -3.08. The number of hydrogen-bond acceptors (Lipinski definition) is 0. The van der Waals surface area contributed by atoms with Crippen LogP contribution in [0.1, 0.15) is 22.3 Å². The molecule has 146 valence electrons. The van der Waals surface area contributed by atoms with Gasteiger partial charge in [-0.2, -0.15) is 0 Å². The van der Waals surface area contributed by atoms with Gasteiger partial charge in [0.2, 0.25) is 0 Å². The number of allylic oxidation sites excluding steroid dienone is 1. The third kappa shape index (κ3) is 3.60. The van der Waals surface area contributed by atoms with E-state index in [9.17, 15) is 0 Å². The molecule has 1 aliphatic heterocycles. The highest BCUT2D eigenvalue weighted by Gasteiger charge is 2.30. The molecular formula is C29H25P. The largest absolute Gasteiger partial charge is 0.0622 e. The molecule has 30 heavy (non-hydrogen) atoms. The van der Waals surface area contributed by atoms with Gasteiger partial charge in [-0.3, -0.25) is 0 Å². The number of hydrogen-bond donors (Lipinski definition) is 0. The van der Waals surface area contributed by atoms with Gasteiger partial charge >= 0.3 is 0 Å². The molecule has 0 aromatic heterocycles. The predicted molar refractivity (Wildman–Crippen MR) is 133 cm³/mol. The summed E-state index contributed by atoms with van der Waals surface area (Å²) < 4.78 is 0. The van der Waals surface area contributed by atoms with Crippen molar-refractivity contribution in [3.63, 3.8) is 0 Å². The smallest absolute Gasteiger partial charge is 0.00278 e. The molecule has 4 aromatic carbocycles. The summed E-state index contributed by atoms with van der Waals surface area (Å²) in [5.74, 6) is 0. The molecular weight excluding hydrogens is 379 g/mol. The molecule has 0 bridgehead atoms. The zero-order chi connectivity index (χ0) is 20.2. The van der Waals surface area contributed by atoms with Crippen LogP contribution in [0, 0.1) is 0 Å². The van der Waals surface area contributed by atoms with Gasteiger partial charge in [0.05, 0.1) is 0 Å². The zero-order valence-corrected chi connectivity index (χ0v) is 17.9. The van der Waals surface area contributed by atoms with E-state index < -0.39 is 6.89 Å². The van der Waals surface area contributed by atoms with Crippen molar-refractivity contribution in [2.45, 2.75) is 12.3 Å². The minimum Gasteiger partial charge on any atom is -0.0622 e. The first kappa shape index (κ1) is 18.9. The topological polar surface area (TPSA) is 0 Å². The maximum absolute atomic E-state index is 2.40. The second-order valence-electron chi connectivity index (χ2n) is 7.90. The van der Waals surface area contributed by atoms with Gasteiger partial charge in [0.1, 0.15) is 0 Å². The van der Waals surface area contributed by atoms with Gasteiger partial charge in [-0.25, -0.2) is 0 Å². The maximum atomic E-state index is 2.40. The average molecular weight is 404 g/mol. The Balaban J connectivity index is 1.83. The summed E-state index contributed by atoms with van der Waals surface area (Å²) in [5, 5.41) is 3.04. The van der Waals surface area contributed by atoms with Gasteiger partial charge in [0.25, 0.3) is 0 Å². The van der Waals surface area contributed by atoms with Gasteiger partial charge in [-0.05, 0) is 45.2 Å². The first-order valence-corrected chi connectivity index (χ1v) is 12.7. The predicted octanol–water partition coefficient (Wildman–Crippen LogP) is 6.98. The van der Waals surface area contributed by atoms with Crippen molar-refractivity contribution in [2.75, 3.05) is 0 Å². The first-order valence-electron chi connectivity index (χ1n) is 10.5. The molecule has 1 heterocycles. The minimum atomic E-state index is -1.73. The van der Waals surface area contributed by atoms with Gasteiger partial charge < -0.3 is 0 Å². The molecule has 0 spiro atoms. The molecule has 0 amide bonds. The van der Waals surface area contributed by atoms with Crippen LogP contribution in [0.25, 0.3) is 6.08 Å². The Morgan fingerprint density at radius 2 is 0.967 bits per heavy atom. The fourth-order valence-electron chi connectivity index (χ4n) is 4.60. The third-order valence-corrected chi connectivity index (χ3v) is 10.4. The molecule has 0 nitrogen and oxygen atoms in total. The first-order chi connectivity index (χ1) is 14.9. The number of benzene rings is 4. The van der Waals surface area contributed by atoms with Crippen LogP contribution in [0.3, 0.4) is 0 Å². The normalized spacial score (nSPS) is 14.3. The summed E-state index contributed by atoms with van der Waals surface area (Å²) in [6, 6.07) is 42.1. The molecule has 0 saturated heterocycles. The Bertz CT molecular complexity index is 1170. The molecule has 1 aliphatic rings. The van der Waals surface area contributed by atoms with Crippen LogP contribution in [-0.4, -0.2) is 5.29 Å². The highest BCUT2D eigenvalue weighted by atomic mass is 31.2. The Morgan fingerprint density at radius 1 is 0.467 bits per heavy atom. The zero-order valence-electron chi connectivity index (χ0n) is 17.0. The van der Waals surface area contributed by atoms with E-state index in [1.807, 2.05) is 0 Å². The van der Waals surface area contributed by atoms with E-state index in [4.69, 9.17) is 0 Å². The standard InChI is InChI=1S/C29H25P/c1-4-12-24(13-5-1)22-30(23-25-14-6-2-7-15-25)28-19-11-10-18-27(28)20-21-29(30)26-16-8-3-9-17-26/h1-21H,22-23H2. The van der Waals surface area contributed by atoms with Crippen LogP contribution in [0.4, 0.5) is 0 Å². The van der Waals surface area contributed by atoms with E-state index in [0.717, 1.165) is 12.3 Å². The summed E-state index contributed by atoms with van der Waals surface area (Å²) in [5.41, 5.74) is 5.56. The molecule has 0 atom stereocenters. The SMILES string of the molecule is C1=Cc2ccccc2P(Cc2ccccc2)(Cc2ccccc2)=C1c1ccccc1. The van der Waals surface area contributed by atoms with Crippen LogP contribution in [0.2, 0.25) is 0 Å². The molecule has 0 N–H and O–H groups in total. The van der Waals surface area contributed by atoms with E-state index in [2.05, 4.69) is 127 Å². The van der Waals surface area contributed by atoms with E-state index in [1.54, 1.807) is 0 Å². The number of rotatable bonds is 5. The van der Waals surface area contributed by atoms with E-state index in [1.165, 1.54) is 32.9 Å². The summed E-state index contributed by atoms with van der Waals surface area (Å²) in [6.07, 6.45) is 6.87. The van der Waals surface area contributed by atoms with Crippen molar-refractivity contribution in [1.29, 1.82) is 0 Å². The second-order valence-corrected chi connectivity index (χ2v) is 11.4. The Labute approximate surface area is 179 Å². The molecule has 0 unspecified atom stereocenters. The molecule has 1 heteroatoms. The molecule has 0 fully saturated rings. The van der Waals surface area contributed by atoms with E-state index >= 15 is 0 Å². The minimum absolute atomic E-state index is 1.08. The van der Waals surface area contributed by atoms with Crippen molar-refractivity contribution in [3.8, 4) is 0 Å². The molecule has 0 saturated carbocycles. The third-order valence-electron chi connectivity index (χ3n) is 5.94. The lowest BCUT2D eigenvalue weighted by Crippen LogP contribution is -2.21. The lowest BCUT2D eigenvalue weighted by Gasteiger charge is -2.35. The number of fused-ring (bicyclic) bond motifs is 1. The van der Waals surface area contributed by atoms with Gasteiger partial charge in [-0.15, -0.1) is 0 Å². The van der Waals surface area contributed by atoms with Crippen molar-refractivity contribution in [1.82, 2.24) is 0 Å². The lowest BCUT2D eigenvalue weighted by molar-refractivity contribution is 1.32. The van der Waals surface area contributed by atoms with Crippen LogP contribution in [0.5, 0.6) is 0 Å². The summed E-state index contributed by atoms with van der Waals surface area (Å²) >= 11 is 0. The molecule has 0 radical (unpaired) electrons. The van der Waals surface area contributed by atoms with Crippen molar-refractivity contribution in [3.05, 3.63) is 144 Å². The summed E-state index contributed by atoms with van der Waals surface area (Å²) in [6.45, 7) is -1.73. The van der Waals surface area contributed by atoms with Gasteiger partial charge in [-0.1, -0.05) is 134 Å². The fourth-order valence-corrected chi connectivity index (χ4v) is 9.34. The Morgan fingerprint density at radius 3 is 1.57 bits per heavy atom. The van der Waals surface area contributed by atoms with Gasteiger partial charge in [0.15, 0.2) is 0 Å². The molecule has 5 rings (SSSR count). The van der Waals surface area contributed by atoms with Crippen molar-refractivity contribution < 1.29 is 0 Å². The summed E-state index contributed by atoms with van der Waals surface area (Å²) in [4.78, 5) is 0. The van der Waals surface area contributed by atoms with Crippen LogP contribution < -0.4 is 5.30 Å². The average Bonchev–Trinajstić information content (AvgIpc) is 2.81. The highest BCUT2D eigenvalue weighted by Crippen LogP contribution is 2.57. The monoisotopic (exact) mass is 404 g/mol. The van der Waals surface area contributed by atoms with Gasteiger partial charge in [0, 0.05) is 0 Å². The maximum Gasteiger partial charge on any atom is -0.00278 e. The highest BCUT2D eigenvalue weighted by molar-refractivity contribution is 7.82. The summed E-state index contributed by atoms with van der Waals surface area (Å²) in [7, 11) is 0. The van der Waals surface area contributed by atoms with Crippen LogP contribution >= 0.6 is 6.89 Å². The fraction of sp³-hybridized carbons (Fsp3) is 0.0690. The molecule has 4 aromatic rings. The van der Waals surface area contributed by atoms with Crippen LogP contribution in [0.15, 0.2) is 121 Å². The van der Waals surface area contributed by atoms with Crippen LogP contribution in [-0.2, 0) is 12.3 Å². The van der Waals surface area contributed by atoms with E-state index in [0.29, 0.717) is 0 Å².